The Morgan fingerprint density at radius 3 is 2.38 bits per heavy atom. The predicted octanol–water partition coefficient (Wildman–Crippen LogP) is 3.86. The Hall–Kier alpha value is -3.77. The van der Waals surface area contributed by atoms with Crippen molar-refractivity contribution in [1.82, 2.24) is 14.9 Å². The maximum atomic E-state index is 14.5. The van der Waals surface area contributed by atoms with Crippen molar-refractivity contribution in [2.24, 2.45) is 0 Å². The van der Waals surface area contributed by atoms with Crippen molar-refractivity contribution in [3.05, 3.63) is 59.7 Å². The molecule has 0 aliphatic carbocycles. The normalized spacial score (nSPS) is 14.6. The lowest BCUT2D eigenvalue weighted by atomic mass is 10.0. The fourth-order valence-corrected chi connectivity index (χ4v) is 4.83. The van der Waals surface area contributed by atoms with E-state index in [1.165, 1.54) is 25.6 Å². The molecule has 39 heavy (non-hydrogen) atoms. The van der Waals surface area contributed by atoms with E-state index in [-0.39, 0.29) is 35.0 Å². The number of ether oxygens (including phenoxy) is 4. The molecule has 0 amide bonds. The molecule has 1 fully saturated rings. The second-order valence-electron chi connectivity index (χ2n) is 9.16. The summed E-state index contributed by atoms with van der Waals surface area (Å²) >= 11 is 0. The lowest BCUT2D eigenvalue weighted by Crippen LogP contribution is -2.41. The highest BCUT2D eigenvalue weighted by atomic mass is 32.2. The number of benzene rings is 2. The van der Waals surface area contributed by atoms with Crippen LogP contribution in [0.2, 0.25) is 0 Å². The fourth-order valence-electron chi connectivity index (χ4n) is 4.20. The van der Waals surface area contributed by atoms with Gasteiger partial charge in [0.25, 0.3) is 0 Å². The van der Waals surface area contributed by atoms with Crippen molar-refractivity contribution in [3.8, 4) is 29.0 Å². The summed E-state index contributed by atoms with van der Waals surface area (Å²) in [6, 6.07) is 8.55. The lowest BCUT2D eigenvalue weighted by Gasteiger charge is -2.31. The maximum Gasteiger partial charge on any atom is 0.229 e. The van der Waals surface area contributed by atoms with E-state index in [1.54, 1.807) is 32.2 Å². The van der Waals surface area contributed by atoms with E-state index < -0.39 is 15.7 Å². The monoisotopic (exact) mass is 559 g/mol. The van der Waals surface area contributed by atoms with Crippen LogP contribution in [0.5, 0.6) is 29.0 Å². The van der Waals surface area contributed by atoms with Gasteiger partial charge in [-0.15, -0.1) is 0 Å². The molecule has 0 atom stereocenters. The minimum Gasteiger partial charge on any atom is -0.497 e. The van der Waals surface area contributed by atoms with Gasteiger partial charge in [-0.3, -0.25) is 9.69 Å². The SMILES string of the molecule is COc1ccc(C(=O)CN2CCC(Oc3ncnc(Oc4ccc(S(C)(=O)=O)cc4F)c3C)CC2)c(OC)c1. The number of methoxy groups -OCH3 is 2. The van der Waals surface area contributed by atoms with Crippen LogP contribution in [0.4, 0.5) is 4.39 Å². The van der Waals surface area contributed by atoms with E-state index in [9.17, 15) is 17.6 Å². The summed E-state index contributed by atoms with van der Waals surface area (Å²) in [6.07, 6.45) is 3.47. The Labute approximate surface area is 226 Å². The van der Waals surface area contributed by atoms with Gasteiger partial charge in [-0.25, -0.2) is 22.8 Å². The quantitative estimate of drug-likeness (QED) is 0.339. The van der Waals surface area contributed by atoms with Gasteiger partial charge in [-0.1, -0.05) is 0 Å². The molecule has 0 spiro atoms. The van der Waals surface area contributed by atoms with Crippen molar-refractivity contribution in [2.45, 2.75) is 30.8 Å². The standard InChI is InChI=1S/C27H30FN3O7S/c1-17-26(29-16-30-27(17)38-24-8-6-20(14-22(24)28)39(4,33)34)37-18-9-11-31(12-10-18)15-23(32)21-7-5-19(35-2)13-25(21)36-3/h5-8,13-14,16,18H,9-12,15H2,1-4H3. The molecule has 0 N–H and O–H groups in total. The summed E-state index contributed by atoms with van der Waals surface area (Å²) in [7, 11) is -0.476. The van der Waals surface area contributed by atoms with Crippen LogP contribution in [0.1, 0.15) is 28.8 Å². The number of rotatable bonds is 10. The van der Waals surface area contributed by atoms with Crippen molar-refractivity contribution >= 4 is 15.6 Å². The molecule has 0 saturated carbocycles. The number of carbonyl (C=O) groups excluding carboxylic acids is 1. The average Bonchev–Trinajstić information content (AvgIpc) is 2.92. The highest BCUT2D eigenvalue weighted by Gasteiger charge is 2.25. The number of carbonyl (C=O) groups is 1. The molecule has 3 aromatic rings. The summed E-state index contributed by atoms with van der Waals surface area (Å²) in [5.41, 5.74) is 0.983. The molecule has 12 heteroatoms. The van der Waals surface area contributed by atoms with Crippen LogP contribution >= 0.6 is 0 Å². The van der Waals surface area contributed by atoms with Crippen molar-refractivity contribution < 1.29 is 36.6 Å². The van der Waals surface area contributed by atoms with Crippen LogP contribution in [0.3, 0.4) is 0 Å². The minimum atomic E-state index is -3.55. The number of likely N-dealkylation sites (tertiary alicyclic amines) is 1. The first-order chi connectivity index (χ1) is 18.6. The molecule has 0 bridgehead atoms. The van der Waals surface area contributed by atoms with Crippen LogP contribution in [0.25, 0.3) is 0 Å². The van der Waals surface area contributed by atoms with E-state index in [4.69, 9.17) is 18.9 Å². The number of hydrogen-bond acceptors (Lipinski definition) is 10. The Morgan fingerprint density at radius 2 is 1.74 bits per heavy atom. The van der Waals surface area contributed by atoms with Gasteiger partial charge >= 0.3 is 0 Å². The Kier molecular flexibility index (Phi) is 8.66. The van der Waals surface area contributed by atoms with E-state index >= 15 is 0 Å². The molecule has 2 aromatic carbocycles. The Morgan fingerprint density at radius 1 is 1.03 bits per heavy atom. The highest BCUT2D eigenvalue weighted by Crippen LogP contribution is 2.31. The van der Waals surface area contributed by atoms with Gasteiger partial charge in [0.1, 0.15) is 23.9 Å². The van der Waals surface area contributed by atoms with Gasteiger partial charge in [-0.2, -0.15) is 0 Å². The number of sulfone groups is 1. The van der Waals surface area contributed by atoms with Crippen molar-refractivity contribution in [2.75, 3.05) is 40.1 Å². The zero-order valence-electron chi connectivity index (χ0n) is 22.1. The smallest absolute Gasteiger partial charge is 0.229 e. The summed E-state index contributed by atoms with van der Waals surface area (Å²) in [6.45, 7) is 3.26. The fraction of sp³-hybridized carbons (Fsp3) is 0.370. The first-order valence-electron chi connectivity index (χ1n) is 12.2. The third kappa shape index (κ3) is 6.82. The molecule has 1 aliphatic rings. The molecule has 4 rings (SSSR count). The van der Waals surface area contributed by atoms with Crippen LogP contribution in [-0.4, -0.2) is 75.3 Å². The number of nitrogens with zero attached hydrogens (tertiary/aromatic N) is 3. The average molecular weight is 560 g/mol. The second kappa shape index (κ2) is 12.0. The third-order valence-corrected chi connectivity index (χ3v) is 7.53. The maximum absolute atomic E-state index is 14.5. The lowest BCUT2D eigenvalue weighted by molar-refractivity contribution is 0.0772. The van der Waals surface area contributed by atoms with Crippen LogP contribution in [0, 0.1) is 12.7 Å². The number of piperidine rings is 1. The van der Waals surface area contributed by atoms with Gasteiger partial charge in [0, 0.05) is 25.4 Å². The summed E-state index contributed by atoms with van der Waals surface area (Å²) < 4.78 is 60.1. The summed E-state index contributed by atoms with van der Waals surface area (Å²) in [4.78, 5) is 23.1. The van der Waals surface area contributed by atoms with Crippen LogP contribution in [0.15, 0.2) is 47.6 Å². The van der Waals surface area contributed by atoms with Gasteiger partial charge in [-0.05, 0) is 50.1 Å². The van der Waals surface area contributed by atoms with Crippen LogP contribution < -0.4 is 18.9 Å². The topological polar surface area (TPSA) is 117 Å². The van der Waals surface area contributed by atoms with E-state index in [0.29, 0.717) is 54.4 Å². The molecule has 1 aliphatic heterocycles. The highest BCUT2D eigenvalue weighted by molar-refractivity contribution is 7.90. The molecule has 2 heterocycles. The largest absolute Gasteiger partial charge is 0.497 e. The van der Waals surface area contributed by atoms with E-state index in [0.717, 1.165) is 12.3 Å². The number of hydrogen-bond donors (Lipinski definition) is 0. The van der Waals surface area contributed by atoms with Crippen molar-refractivity contribution in [3.63, 3.8) is 0 Å². The summed E-state index contributed by atoms with van der Waals surface area (Å²) in [5, 5.41) is 0. The Bertz CT molecular complexity index is 1460. The number of aromatic nitrogens is 2. The van der Waals surface area contributed by atoms with Gasteiger partial charge in [0.15, 0.2) is 27.2 Å². The molecule has 1 saturated heterocycles. The second-order valence-corrected chi connectivity index (χ2v) is 11.2. The molecule has 0 unspecified atom stereocenters. The van der Waals surface area contributed by atoms with Gasteiger partial charge in [0.2, 0.25) is 11.8 Å². The zero-order valence-corrected chi connectivity index (χ0v) is 23.0. The number of ketones is 1. The van der Waals surface area contributed by atoms with Gasteiger partial charge < -0.3 is 18.9 Å². The predicted molar refractivity (Wildman–Crippen MR) is 140 cm³/mol. The number of Topliss-reactive ketones (excluding diaryl/α,β-unsaturated/α-hetero) is 1. The minimum absolute atomic E-state index is 0.0425. The first-order valence-corrected chi connectivity index (χ1v) is 14.1. The molecular weight excluding hydrogens is 529 g/mol. The third-order valence-electron chi connectivity index (χ3n) is 6.42. The molecule has 208 valence electrons. The van der Waals surface area contributed by atoms with E-state index in [2.05, 4.69) is 14.9 Å². The number of halogens is 1. The zero-order chi connectivity index (χ0) is 28.2. The first kappa shape index (κ1) is 28.2. The molecule has 0 radical (unpaired) electrons. The van der Waals surface area contributed by atoms with E-state index in [1.807, 2.05) is 0 Å². The summed E-state index contributed by atoms with van der Waals surface area (Å²) in [5.74, 6) is 0.465. The Balaban J connectivity index is 1.35. The van der Waals surface area contributed by atoms with Crippen LogP contribution in [-0.2, 0) is 9.84 Å². The molecule has 10 nitrogen and oxygen atoms in total. The van der Waals surface area contributed by atoms with Gasteiger partial charge in [0.05, 0.1) is 36.8 Å². The molecular formula is C27H30FN3O7S. The van der Waals surface area contributed by atoms with Crippen molar-refractivity contribution in [1.29, 1.82) is 0 Å². The molecule has 1 aromatic heterocycles.